The molecule has 1 unspecified atom stereocenters. The third-order valence-electron chi connectivity index (χ3n) is 4.22. The molecule has 0 amide bonds. The van der Waals surface area contributed by atoms with Gasteiger partial charge in [-0.25, -0.2) is 0 Å². The Balaban J connectivity index is 1.76. The van der Waals surface area contributed by atoms with Crippen LogP contribution in [0.25, 0.3) is 0 Å². The van der Waals surface area contributed by atoms with Crippen molar-refractivity contribution in [1.29, 1.82) is 0 Å². The number of rotatable bonds is 3. The molecule has 2 aromatic carbocycles. The summed E-state index contributed by atoms with van der Waals surface area (Å²) >= 11 is 0. The standard InChI is InChI=1S/C19H18O2/c1-13-6-8-15(9-7-13)18(20)12-16-11-10-14-4-2-3-5-17(14)19(16)21/h2-9,16H,10-12H2,1H3. The molecule has 0 saturated heterocycles. The second-order valence-electron chi connectivity index (χ2n) is 5.75. The van der Waals surface area contributed by atoms with Crippen molar-refractivity contribution in [3.63, 3.8) is 0 Å². The molecule has 0 aliphatic heterocycles. The second kappa shape index (κ2) is 5.65. The Kier molecular flexibility index (Phi) is 3.70. The Morgan fingerprint density at radius 3 is 2.57 bits per heavy atom. The van der Waals surface area contributed by atoms with Crippen LogP contribution in [0, 0.1) is 12.8 Å². The minimum Gasteiger partial charge on any atom is -0.294 e. The van der Waals surface area contributed by atoms with Gasteiger partial charge >= 0.3 is 0 Å². The highest BCUT2D eigenvalue weighted by atomic mass is 16.1. The van der Waals surface area contributed by atoms with E-state index in [1.807, 2.05) is 55.5 Å². The summed E-state index contributed by atoms with van der Waals surface area (Å²) in [7, 11) is 0. The van der Waals surface area contributed by atoms with Crippen molar-refractivity contribution in [1.82, 2.24) is 0 Å². The fraction of sp³-hybridized carbons (Fsp3) is 0.263. The van der Waals surface area contributed by atoms with E-state index in [1.165, 1.54) is 0 Å². The summed E-state index contributed by atoms with van der Waals surface area (Å²) in [6, 6.07) is 15.3. The first-order chi connectivity index (χ1) is 10.1. The first-order valence-corrected chi connectivity index (χ1v) is 7.37. The molecule has 0 aromatic heterocycles. The molecule has 0 bridgehead atoms. The van der Waals surface area contributed by atoms with Crippen LogP contribution >= 0.6 is 0 Å². The molecule has 0 radical (unpaired) electrons. The van der Waals surface area contributed by atoms with Crippen LogP contribution < -0.4 is 0 Å². The number of hydrogen-bond donors (Lipinski definition) is 0. The van der Waals surface area contributed by atoms with Crippen molar-refractivity contribution < 1.29 is 9.59 Å². The molecule has 0 fully saturated rings. The molecule has 21 heavy (non-hydrogen) atoms. The Bertz CT molecular complexity index is 683. The topological polar surface area (TPSA) is 34.1 Å². The first-order valence-electron chi connectivity index (χ1n) is 7.37. The lowest BCUT2D eigenvalue weighted by molar-refractivity contribution is 0.0836. The Morgan fingerprint density at radius 2 is 1.81 bits per heavy atom. The minimum atomic E-state index is -0.172. The molecule has 0 spiro atoms. The quantitative estimate of drug-likeness (QED) is 0.795. The van der Waals surface area contributed by atoms with Gasteiger partial charge in [0, 0.05) is 23.5 Å². The summed E-state index contributed by atoms with van der Waals surface area (Å²) in [6.45, 7) is 2.00. The van der Waals surface area contributed by atoms with Crippen molar-refractivity contribution >= 4 is 11.6 Å². The Labute approximate surface area is 124 Å². The molecule has 2 nitrogen and oxygen atoms in total. The van der Waals surface area contributed by atoms with Gasteiger partial charge in [-0.3, -0.25) is 9.59 Å². The van der Waals surface area contributed by atoms with Crippen LogP contribution in [0.2, 0.25) is 0 Å². The normalized spacial score (nSPS) is 17.4. The number of aryl methyl sites for hydroxylation is 2. The molecule has 1 aliphatic carbocycles. The van der Waals surface area contributed by atoms with Crippen LogP contribution in [0.4, 0.5) is 0 Å². The summed E-state index contributed by atoms with van der Waals surface area (Å²) in [5.74, 6) is 0.0127. The number of fused-ring (bicyclic) bond motifs is 1. The van der Waals surface area contributed by atoms with Gasteiger partial charge in [0.2, 0.25) is 0 Å². The fourth-order valence-corrected chi connectivity index (χ4v) is 2.94. The third-order valence-corrected chi connectivity index (χ3v) is 4.22. The van der Waals surface area contributed by atoms with E-state index in [2.05, 4.69) is 0 Å². The molecule has 2 aromatic rings. The van der Waals surface area contributed by atoms with E-state index >= 15 is 0 Å². The number of carbonyl (C=O) groups excluding carboxylic acids is 2. The maximum absolute atomic E-state index is 12.5. The van der Waals surface area contributed by atoms with Crippen LogP contribution in [-0.4, -0.2) is 11.6 Å². The molecule has 0 N–H and O–H groups in total. The van der Waals surface area contributed by atoms with Gasteiger partial charge in [0.05, 0.1) is 0 Å². The molecule has 3 rings (SSSR count). The van der Waals surface area contributed by atoms with E-state index in [9.17, 15) is 9.59 Å². The van der Waals surface area contributed by atoms with Crippen molar-refractivity contribution in [2.75, 3.05) is 0 Å². The Morgan fingerprint density at radius 1 is 1.10 bits per heavy atom. The van der Waals surface area contributed by atoms with E-state index in [0.29, 0.717) is 12.0 Å². The van der Waals surface area contributed by atoms with E-state index in [1.54, 1.807) is 0 Å². The molecular weight excluding hydrogens is 260 g/mol. The summed E-state index contributed by atoms with van der Waals surface area (Å²) in [6.07, 6.45) is 1.97. The monoisotopic (exact) mass is 278 g/mol. The lowest BCUT2D eigenvalue weighted by Crippen LogP contribution is -2.25. The lowest BCUT2D eigenvalue weighted by atomic mass is 9.80. The van der Waals surface area contributed by atoms with Gasteiger partial charge < -0.3 is 0 Å². The summed E-state index contributed by atoms with van der Waals surface area (Å²) in [5.41, 5.74) is 3.74. The second-order valence-corrected chi connectivity index (χ2v) is 5.75. The van der Waals surface area contributed by atoms with Crippen molar-refractivity contribution in [2.45, 2.75) is 26.2 Å². The number of benzene rings is 2. The number of Topliss-reactive ketones (excluding diaryl/α,β-unsaturated/α-hetero) is 2. The van der Waals surface area contributed by atoms with Gasteiger partial charge in [-0.15, -0.1) is 0 Å². The SMILES string of the molecule is Cc1ccc(C(=O)CC2CCc3ccccc3C2=O)cc1. The predicted octanol–water partition coefficient (Wildman–Crippen LogP) is 4.01. The minimum absolute atomic E-state index is 0.0627. The van der Waals surface area contributed by atoms with Crippen LogP contribution in [0.5, 0.6) is 0 Å². The van der Waals surface area contributed by atoms with Crippen molar-refractivity contribution in [2.24, 2.45) is 5.92 Å². The average molecular weight is 278 g/mol. The van der Waals surface area contributed by atoms with Gasteiger partial charge in [-0.1, -0.05) is 54.1 Å². The number of carbonyl (C=O) groups is 2. The van der Waals surface area contributed by atoms with Crippen LogP contribution in [-0.2, 0) is 6.42 Å². The van der Waals surface area contributed by atoms with Gasteiger partial charge in [0.15, 0.2) is 11.6 Å². The summed E-state index contributed by atoms with van der Waals surface area (Å²) < 4.78 is 0. The summed E-state index contributed by atoms with van der Waals surface area (Å²) in [5, 5.41) is 0. The van der Waals surface area contributed by atoms with Crippen LogP contribution in [0.15, 0.2) is 48.5 Å². The zero-order chi connectivity index (χ0) is 14.8. The molecular formula is C19H18O2. The molecule has 0 heterocycles. The number of ketones is 2. The third kappa shape index (κ3) is 2.80. The average Bonchev–Trinajstić information content (AvgIpc) is 2.51. The highest BCUT2D eigenvalue weighted by Gasteiger charge is 2.28. The first kappa shape index (κ1) is 13.7. The van der Waals surface area contributed by atoms with Crippen molar-refractivity contribution in [3.8, 4) is 0 Å². The predicted molar refractivity (Wildman–Crippen MR) is 82.7 cm³/mol. The van der Waals surface area contributed by atoms with E-state index in [-0.39, 0.29) is 17.5 Å². The Hall–Kier alpha value is -2.22. The maximum atomic E-state index is 12.5. The van der Waals surface area contributed by atoms with Gasteiger partial charge in [0.25, 0.3) is 0 Å². The van der Waals surface area contributed by atoms with Crippen molar-refractivity contribution in [3.05, 3.63) is 70.8 Å². The van der Waals surface area contributed by atoms with E-state index in [0.717, 1.165) is 29.5 Å². The summed E-state index contributed by atoms with van der Waals surface area (Å²) in [4.78, 5) is 24.8. The number of hydrogen-bond acceptors (Lipinski definition) is 2. The molecule has 1 atom stereocenters. The molecule has 1 aliphatic rings. The largest absolute Gasteiger partial charge is 0.294 e. The fourth-order valence-electron chi connectivity index (χ4n) is 2.94. The van der Waals surface area contributed by atoms with Crippen LogP contribution in [0.1, 0.15) is 44.7 Å². The molecule has 0 saturated carbocycles. The molecule has 106 valence electrons. The van der Waals surface area contributed by atoms with Gasteiger partial charge in [-0.2, -0.15) is 0 Å². The molecule has 2 heteroatoms. The van der Waals surface area contributed by atoms with Crippen LogP contribution in [0.3, 0.4) is 0 Å². The van der Waals surface area contributed by atoms with Gasteiger partial charge in [-0.05, 0) is 25.3 Å². The van der Waals surface area contributed by atoms with Gasteiger partial charge in [0.1, 0.15) is 0 Å². The highest BCUT2D eigenvalue weighted by Crippen LogP contribution is 2.28. The maximum Gasteiger partial charge on any atom is 0.166 e. The zero-order valence-corrected chi connectivity index (χ0v) is 12.1. The van der Waals surface area contributed by atoms with E-state index in [4.69, 9.17) is 0 Å². The van der Waals surface area contributed by atoms with E-state index < -0.39 is 0 Å². The highest BCUT2D eigenvalue weighted by molar-refractivity contribution is 6.04. The zero-order valence-electron chi connectivity index (χ0n) is 12.1. The lowest BCUT2D eigenvalue weighted by Gasteiger charge is -2.22. The smallest absolute Gasteiger partial charge is 0.166 e.